The number of aromatic hydroxyl groups is 1. The Bertz CT molecular complexity index is 1220. The van der Waals surface area contributed by atoms with Gasteiger partial charge in [0.25, 0.3) is 20.2 Å². The van der Waals surface area contributed by atoms with Gasteiger partial charge in [-0.2, -0.15) is 16.8 Å². The van der Waals surface area contributed by atoms with Gasteiger partial charge in [0.15, 0.2) is 29.3 Å². The van der Waals surface area contributed by atoms with Crippen LogP contribution in [0.4, 0.5) is 0 Å². The van der Waals surface area contributed by atoms with Gasteiger partial charge < -0.3 is 19.3 Å². The van der Waals surface area contributed by atoms with Crippen molar-refractivity contribution in [1.29, 1.82) is 0 Å². The number of carbonyl (C=O) groups excluding carboxylic acids is 1. The van der Waals surface area contributed by atoms with Gasteiger partial charge in [0.1, 0.15) is 11.9 Å². The summed E-state index contributed by atoms with van der Waals surface area (Å²) >= 11 is 0. The second-order valence-corrected chi connectivity index (χ2v) is 10.4. The van der Waals surface area contributed by atoms with Crippen molar-refractivity contribution in [3.8, 4) is 23.0 Å². The molecule has 0 aromatic heterocycles. The van der Waals surface area contributed by atoms with Crippen LogP contribution in [0.3, 0.4) is 0 Å². The van der Waals surface area contributed by atoms with Crippen molar-refractivity contribution in [2.75, 3.05) is 25.7 Å². The molecule has 0 saturated heterocycles. The van der Waals surface area contributed by atoms with Gasteiger partial charge in [0, 0.05) is 12.0 Å². The maximum atomic E-state index is 11.8. The van der Waals surface area contributed by atoms with E-state index < -0.39 is 37.8 Å². The minimum Gasteiger partial charge on any atom is -0.504 e. The molecule has 2 rings (SSSR count). The molecule has 0 aliphatic rings. The molecule has 2 aromatic carbocycles. The third-order valence-corrected chi connectivity index (χ3v) is 6.46. The lowest BCUT2D eigenvalue weighted by atomic mass is 10.0. The Labute approximate surface area is 197 Å². The Morgan fingerprint density at radius 3 is 2.21 bits per heavy atom. The number of aldehydes is 1. The molecule has 188 valence electrons. The number of aryl methyl sites for hydroxylation is 1. The van der Waals surface area contributed by atoms with Crippen LogP contribution in [0.25, 0.3) is 0 Å². The zero-order valence-corrected chi connectivity index (χ0v) is 20.1. The van der Waals surface area contributed by atoms with Crippen molar-refractivity contribution in [2.45, 2.75) is 25.4 Å². The van der Waals surface area contributed by atoms with Crippen LogP contribution >= 0.6 is 0 Å². The van der Waals surface area contributed by atoms with Gasteiger partial charge in [-0.25, -0.2) is 0 Å². The molecule has 3 N–H and O–H groups in total. The summed E-state index contributed by atoms with van der Waals surface area (Å²) in [5.41, 5.74) is 0.786. The van der Waals surface area contributed by atoms with Crippen molar-refractivity contribution in [2.24, 2.45) is 0 Å². The van der Waals surface area contributed by atoms with Crippen LogP contribution in [0.2, 0.25) is 0 Å². The summed E-state index contributed by atoms with van der Waals surface area (Å²) in [4.78, 5) is 11.8. The molecule has 13 heteroatoms. The van der Waals surface area contributed by atoms with Gasteiger partial charge in [0.05, 0.1) is 25.5 Å². The van der Waals surface area contributed by atoms with E-state index in [4.69, 9.17) is 18.8 Å². The van der Waals surface area contributed by atoms with Crippen LogP contribution < -0.4 is 14.2 Å². The number of phenolic OH excluding ortho intramolecular Hbond substituents is 1. The van der Waals surface area contributed by atoms with E-state index in [0.717, 1.165) is 0 Å². The van der Waals surface area contributed by atoms with E-state index in [1.54, 1.807) is 6.07 Å². The van der Waals surface area contributed by atoms with Crippen LogP contribution in [0.5, 0.6) is 23.0 Å². The minimum absolute atomic E-state index is 0.000773. The van der Waals surface area contributed by atoms with Crippen LogP contribution in [-0.2, 0) is 33.1 Å². The highest BCUT2D eigenvalue weighted by atomic mass is 32.2. The van der Waals surface area contributed by atoms with Gasteiger partial charge in [0.2, 0.25) is 0 Å². The molecule has 0 fully saturated rings. The SMILES string of the molecule is COc1cccc(CC(CS(=O)(=O)O)Oc2ccc(CCCS(=O)(=O)O)c(C=O)c2OC)c1O. The fourth-order valence-electron chi connectivity index (χ4n) is 3.41. The minimum atomic E-state index is -4.49. The van der Waals surface area contributed by atoms with E-state index in [-0.39, 0.29) is 47.8 Å². The fraction of sp³-hybridized carbons (Fsp3) is 0.381. The summed E-state index contributed by atoms with van der Waals surface area (Å²) in [5.74, 6) is -1.39. The summed E-state index contributed by atoms with van der Waals surface area (Å²) in [6.07, 6.45) is -0.662. The molecular formula is C21H26O11S2. The van der Waals surface area contributed by atoms with E-state index >= 15 is 0 Å². The highest BCUT2D eigenvalue weighted by Crippen LogP contribution is 2.36. The molecule has 11 nitrogen and oxygen atoms in total. The molecule has 0 radical (unpaired) electrons. The van der Waals surface area contributed by atoms with Gasteiger partial charge >= 0.3 is 0 Å². The molecule has 0 bridgehead atoms. The normalized spacial score (nSPS) is 12.7. The average molecular weight is 519 g/mol. The van der Waals surface area contributed by atoms with Crippen molar-refractivity contribution in [3.05, 3.63) is 47.0 Å². The first-order valence-electron chi connectivity index (χ1n) is 9.95. The predicted octanol–water partition coefficient (Wildman–Crippen LogP) is 1.92. The molecular weight excluding hydrogens is 492 g/mol. The predicted molar refractivity (Wildman–Crippen MR) is 122 cm³/mol. The van der Waals surface area contributed by atoms with Gasteiger partial charge in [-0.3, -0.25) is 13.9 Å². The number of rotatable bonds is 13. The molecule has 1 atom stereocenters. The van der Waals surface area contributed by atoms with Crippen LogP contribution in [0.15, 0.2) is 30.3 Å². The van der Waals surface area contributed by atoms with E-state index in [9.17, 15) is 31.3 Å². The molecule has 0 amide bonds. The number of ether oxygens (including phenoxy) is 3. The fourth-order valence-corrected chi connectivity index (χ4v) is 4.57. The quantitative estimate of drug-likeness (QED) is 0.261. The summed E-state index contributed by atoms with van der Waals surface area (Å²) in [7, 11) is -6.03. The number of benzene rings is 2. The molecule has 1 unspecified atom stereocenters. The molecule has 0 aliphatic carbocycles. The number of hydrogen-bond donors (Lipinski definition) is 3. The first-order chi connectivity index (χ1) is 15.9. The van der Waals surface area contributed by atoms with E-state index in [2.05, 4.69) is 0 Å². The van der Waals surface area contributed by atoms with Gasteiger partial charge in [-0.15, -0.1) is 0 Å². The topological polar surface area (TPSA) is 174 Å². The first kappa shape index (κ1) is 27.4. The zero-order chi connectivity index (χ0) is 25.5. The summed E-state index contributed by atoms with van der Waals surface area (Å²) in [5, 5.41) is 10.3. The van der Waals surface area contributed by atoms with Crippen LogP contribution in [0.1, 0.15) is 27.9 Å². The Hall–Kier alpha value is -2.87. The third kappa shape index (κ3) is 7.87. The molecule has 0 heterocycles. The molecule has 0 aliphatic heterocycles. The standard InChI is InChI=1S/C21H26O11S2/c1-30-18-7-3-5-15(20(18)23)11-16(13-34(27,28)29)32-19-9-8-14(6-4-10-33(24,25)26)17(12-22)21(19)31-2/h3,5,7-9,12,16,23H,4,6,10-11,13H2,1-2H3,(H,24,25,26)(H,27,28,29). The molecule has 34 heavy (non-hydrogen) atoms. The maximum Gasteiger partial charge on any atom is 0.268 e. The van der Waals surface area contributed by atoms with Crippen molar-refractivity contribution in [1.82, 2.24) is 0 Å². The highest BCUT2D eigenvalue weighted by molar-refractivity contribution is 7.86. The van der Waals surface area contributed by atoms with Gasteiger partial charge in [-0.05, 0) is 30.5 Å². The smallest absolute Gasteiger partial charge is 0.268 e. The molecule has 2 aromatic rings. The zero-order valence-electron chi connectivity index (χ0n) is 18.5. The number of para-hydroxylation sites is 1. The summed E-state index contributed by atoms with van der Waals surface area (Å²) < 4.78 is 79.5. The van der Waals surface area contributed by atoms with Crippen molar-refractivity contribution in [3.63, 3.8) is 0 Å². The van der Waals surface area contributed by atoms with E-state index in [1.807, 2.05) is 0 Å². The summed E-state index contributed by atoms with van der Waals surface area (Å²) in [6, 6.07) is 7.53. The summed E-state index contributed by atoms with van der Waals surface area (Å²) in [6.45, 7) is 0. The Kier molecular flexibility index (Phi) is 9.27. The number of carbonyl (C=O) groups is 1. The van der Waals surface area contributed by atoms with E-state index in [0.29, 0.717) is 17.4 Å². The Morgan fingerprint density at radius 1 is 0.941 bits per heavy atom. The monoisotopic (exact) mass is 518 g/mol. The second-order valence-electron chi connectivity index (χ2n) is 7.34. The largest absolute Gasteiger partial charge is 0.504 e. The van der Waals surface area contributed by atoms with Crippen molar-refractivity contribution >= 4 is 26.5 Å². The lowest BCUT2D eigenvalue weighted by Crippen LogP contribution is -2.29. The number of hydrogen-bond acceptors (Lipinski definition) is 9. The van der Waals surface area contributed by atoms with E-state index in [1.165, 1.54) is 38.5 Å². The number of methoxy groups -OCH3 is 2. The number of phenols is 1. The van der Waals surface area contributed by atoms with Gasteiger partial charge in [-0.1, -0.05) is 18.2 Å². The first-order valence-corrected chi connectivity index (χ1v) is 13.2. The Balaban J connectivity index is 2.39. The average Bonchev–Trinajstić information content (AvgIpc) is 2.73. The van der Waals surface area contributed by atoms with Crippen LogP contribution in [0, 0.1) is 0 Å². The Morgan fingerprint density at radius 2 is 1.65 bits per heavy atom. The lowest BCUT2D eigenvalue weighted by Gasteiger charge is -2.22. The maximum absolute atomic E-state index is 11.8. The highest BCUT2D eigenvalue weighted by Gasteiger charge is 2.25. The molecule has 0 saturated carbocycles. The second kappa shape index (κ2) is 11.5. The van der Waals surface area contributed by atoms with Crippen LogP contribution in [-0.4, -0.2) is 69.2 Å². The lowest BCUT2D eigenvalue weighted by molar-refractivity contribution is 0.111. The third-order valence-electron chi connectivity index (χ3n) is 4.86. The molecule has 0 spiro atoms. The van der Waals surface area contributed by atoms with Crippen molar-refractivity contribution < 1.29 is 50.1 Å².